The van der Waals surface area contributed by atoms with Crippen molar-refractivity contribution in [3.8, 4) is 11.5 Å². The second-order valence-electron chi connectivity index (χ2n) is 5.39. The van der Waals surface area contributed by atoms with Gasteiger partial charge in [0.2, 0.25) is 0 Å². The highest BCUT2D eigenvalue weighted by molar-refractivity contribution is 6.04. The largest absolute Gasteiger partial charge is 0.492 e. The average molecular weight is 314 g/mol. The van der Waals surface area contributed by atoms with Crippen molar-refractivity contribution < 1.29 is 14.3 Å². The van der Waals surface area contributed by atoms with Gasteiger partial charge in [-0.1, -0.05) is 0 Å². The SMILES string of the molecule is CCOc1cc2c(cc1NC(=O)c1ccc[nH]c1=O)O[C@H](C)C2. The summed E-state index contributed by atoms with van der Waals surface area (Å²) in [5.74, 6) is 0.821. The number of aromatic amines is 1. The summed E-state index contributed by atoms with van der Waals surface area (Å²) in [6.45, 7) is 4.34. The van der Waals surface area contributed by atoms with Crippen LogP contribution in [0.4, 0.5) is 5.69 Å². The minimum Gasteiger partial charge on any atom is -0.492 e. The average Bonchev–Trinajstić information content (AvgIpc) is 2.87. The van der Waals surface area contributed by atoms with Gasteiger partial charge in [0, 0.05) is 24.2 Å². The Morgan fingerprint density at radius 2 is 2.30 bits per heavy atom. The molecule has 0 unspecified atom stereocenters. The molecule has 0 aliphatic carbocycles. The van der Waals surface area contributed by atoms with Crippen LogP contribution in [-0.4, -0.2) is 23.6 Å². The molecule has 2 aromatic rings. The first-order chi connectivity index (χ1) is 11.1. The van der Waals surface area contributed by atoms with Gasteiger partial charge < -0.3 is 19.8 Å². The first-order valence-electron chi connectivity index (χ1n) is 7.54. The normalized spacial score (nSPS) is 15.7. The van der Waals surface area contributed by atoms with Crippen molar-refractivity contribution >= 4 is 11.6 Å². The maximum absolute atomic E-state index is 12.3. The summed E-state index contributed by atoms with van der Waals surface area (Å²) < 4.78 is 11.3. The third-order valence-corrected chi connectivity index (χ3v) is 3.61. The maximum Gasteiger partial charge on any atom is 0.261 e. The first kappa shape index (κ1) is 15.1. The lowest BCUT2D eigenvalue weighted by atomic mass is 10.1. The van der Waals surface area contributed by atoms with E-state index in [1.807, 2.05) is 19.9 Å². The first-order valence-corrected chi connectivity index (χ1v) is 7.54. The lowest BCUT2D eigenvalue weighted by Crippen LogP contribution is -2.22. The number of fused-ring (bicyclic) bond motifs is 1. The molecule has 1 aliphatic rings. The number of hydrogen-bond donors (Lipinski definition) is 2. The van der Waals surface area contributed by atoms with Crippen LogP contribution in [0.3, 0.4) is 0 Å². The van der Waals surface area contributed by atoms with Gasteiger partial charge in [-0.25, -0.2) is 0 Å². The summed E-state index contributed by atoms with van der Waals surface area (Å²) in [5.41, 5.74) is 1.16. The molecule has 0 spiro atoms. The molecule has 3 rings (SSSR count). The van der Waals surface area contributed by atoms with E-state index in [0.717, 1.165) is 17.7 Å². The van der Waals surface area contributed by atoms with Gasteiger partial charge in [-0.15, -0.1) is 0 Å². The van der Waals surface area contributed by atoms with Crippen LogP contribution in [0.25, 0.3) is 0 Å². The highest BCUT2D eigenvalue weighted by atomic mass is 16.5. The van der Waals surface area contributed by atoms with E-state index in [1.165, 1.54) is 12.3 Å². The van der Waals surface area contributed by atoms with E-state index in [-0.39, 0.29) is 11.7 Å². The molecule has 1 atom stereocenters. The molecule has 0 fully saturated rings. The number of benzene rings is 1. The Labute approximate surface area is 133 Å². The Morgan fingerprint density at radius 1 is 1.48 bits per heavy atom. The molecule has 2 N–H and O–H groups in total. The topological polar surface area (TPSA) is 80.4 Å². The van der Waals surface area contributed by atoms with Crippen molar-refractivity contribution in [2.45, 2.75) is 26.4 Å². The monoisotopic (exact) mass is 314 g/mol. The van der Waals surface area contributed by atoms with E-state index in [2.05, 4.69) is 10.3 Å². The third kappa shape index (κ3) is 3.06. The Morgan fingerprint density at radius 3 is 3.04 bits per heavy atom. The van der Waals surface area contributed by atoms with E-state index in [9.17, 15) is 9.59 Å². The summed E-state index contributed by atoms with van der Waals surface area (Å²) in [5, 5.41) is 2.73. The Balaban J connectivity index is 1.93. The lowest BCUT2D eigenvalue weighted by Gasteiger charge is -2.13. The zero-order chi connectivity index (χ0) is 16.4. The Kier molecular flexibility index (Phi) is 4.06. The van der Waals surface area contributed by atoms with Gasteiger partial charge in [0.1, 0.15) is 23.2 Å². The highest BCUT2D eigenvalue weighted by Crippen LogP contribution is 2.38. The van der Waals surface area contributed by atoms with Gasteiger partial charge in [-0.3, -0.25) is 9.59 Å². The van der Waals surface area contributed by atoms with Gasteiger partial charge >= 0.3 is 0 Å². The number of ether oxygens (including phenoxy) is 2. The molecule has 1 aliphatic heterocycles. The van der Waals surface area contributed by atoms with E-state index in [1.54, 1.807) is 12.1 Å². The number of rotatable bonds is 4. The summed E-state index contributed by atoms with van der Waals surface area (Å²) in [6, 6.07) is 6.71. The fourth-order valence-electron chi connectivity index (χ4n) is 2.60. The molecule has 120 valence electrons. The van der Waals surface area contributed by atoms with Crippen LogP contribution in [0.1, 0.15) is 29.8 Å². The molecular formula is C17H18N2O4. The molecule has 0 saturated carbocycles. The number of pyridine rings is 1. The number of nitrogens with one attached hydrogen (secondary N) is 2. The van der Waals surface area contributed by atoms with Crippen molar-refractivity contribution in [3.63, 3.8) is 0 Å². The van der Waals surface area contributed by atoms with Gasteiger partial charge in [-0.2, -0.15) is 0 Å². The van der Waals surface area contributed by atoms with Crippen molar-refractivity contribution in [1.82, 2.24) is 4.98 Å². The van der Waals surface area contributed by atoms with Gasteiger partial charge in [0.05, 0.1) is 12.3 Å². The van der Waals surface area contributed by atoms with Gasteiger partial charge in [-0.05, 0) is 32.0 Å². The van der Waals surface area contributed by atoms with Crippen LogP contribution in [-0.2, 0) is 6.42 Å². The summed E-state index contributed by atoms with van der Waals surface area (Å²) >= 11 is 0. The van der Waals surface area contributed by atoms with E-state index in [0.29, 0.717) is 18.0 Å². The predicted molar refractivity (Wildman–Crippen MR) is 86.4 cm³/mol. The lowest BCUT2D eigenvalue weighted by molar-refractivity contribution is 0.102. The fraction of sp³-hybridized carbons (Fsp3) is 0.294. The van der Waals surface area contributed by atoms with Crippen molar-refractivity contribution in [2.75, 3.05) is 11.9 Å². The van der Waals surface area contributed by atoms with Crippen LogP contribution in [0.2, 0.25) is 0 Å². The molecule has 6 nitrogen and oxygen atoms in total. The number of H-pyrrole nitrogens is 1. The fourth-order valence-corrected chi connectivity index (χ4v) is 2.60. The van der Waals surface area contributed by atoms with Crippen LogP contribution in [0, 0.1) is 0 Å². The number of carbonyl (C=O) groups excluding carboxylic acids is 1. The van der Waals surface area contributed by atoms with Crippen molar-refractivity contribution in [2.24, 2.45) is 0 Å². The van der Waals surface area contributed by atoms with E-state index in [4.69, 9.17) is 9.47 Å². The smallest absolute Gasteiger partial charge is 0.261 e. The van der Waals surface area contributed by atoms with Gasteiger partial charge in [0.25, 0.3) is 11.5 Å². The maximum atomic E-state index is 12.3. The summed E-state index contributed by atoms with van der Waals surface area (Å²) in [4.78, 5) is 26.5. The number of carbonyl (C=O) groups is 1. The summed E-state index contributed by atoms with van der Waals surface area (Å²) in [7, 11) is 0. The molecule has 1 aromatic carbocycles. The molecule has 6 heteroatoms. The Bertz CT molecular complexity index is 797. The molecule has 1 amide bonds. The minimum atomic E-state index is -0.487. The van der Waals surface area contributed by atoms with Crippen LogP contribution < -0.4 is 20.3 Å². The van der Waals surface area contributed by atoms with Crippen LogP contribution in [0.15, 0.2) is 35.3 Å². The zero-order valence-electron chi connectivity index (χ0n) is 13.0. The molecular weight excluding hydrogens is 296 g/mol. The summed E-state index contributed by atoms with van der Waals surface area (Å²) in [6.07, 6.45) is 2.39. The molecule has 0 radical (unpaired) electrons. The predicted octanol–water partition coefficient (Wildman–Crippen LogP) is 2.35. The minimum absolute atomic E-state index is 0.0460. The molecule has 0 saturated heterocycles. The van der Waals surface area contributed by atoms with Gasteiger partial charge in [0.15, 0.2) is 0 Å². The standard InChI is InChI=1S/C17H18N2O4/c1-3-22-15-8-11-7-10(2)23-14(11)9-13(15)19-17(21)12-5-4-6-18-16(12)20/h4-6,8-10H,3,7H2,1-2H3,(H,18,20)(H,19,21)/t10-/m1/s1. The number of hydrogen-bond acceptors (Lipinski definition) is 4. The van der Waals surface area contributed by atoms with Crippen molar-refractivity contribution in [3.05, 3.63) is 51.9 Å². The van der Waals surface area contributed by atoms with Crippen LogP contribution in [0.5, 0.6) is 11.5 Å². The number of anilines is 1. The van der Waals surface area contributed by atoms with Crippen molar-refractivity contribution in [1.29, 1.82) is 0 Å². The second-order valence-corrected chi connectivity index (χ2v) is 5.39. The number of aromatic nitrogens is 1. The third-order valence-electron chi connectivity index (χ3n) is 3.61. The molecule has 23 heavy (non-hydrogen) atoms. The van der Waals surface area contributed by atoms with Crippen LogP contribution >= 0.6 is 0 Å². The molecule has 2 heterocycles. The molecule has 1 aromatic heterocycles. The number of amides is 1. The zero-order valence-corrected chi connectivity index (χ0v) is 13.0. The van der Waals surface area contributed by atoms with E-state index >= 15 is 0 Å². The Hall–Kier alpha value is -2.76. The second kappa shape index (κ2) is 6.16. The van der Waals surface area contributed by atoms with E-state index < -0.39 is 11.5 Å². The highest BCUT2D eigenvalue weighted by Gasteiger charge is 2.23. The molecule has 0 bridgehead atoms. The quantitative estimate of drug-likeness (QED) is 0.908.